The van der Waals surface area contributed by atoms with Crippen molar-refractivity contribution in [1.82, 2.24) is 4.90 Å². The molecule has 1 heterocycles. The lowest BCUT2D eigenvalue weighted by Crippen LogP contribution is -2.50. The summed E-state index contributed by atoms with van der Waals surface area (Å²) in [5.41, 5.74) is 0.993. The lowest BCUT2D eigenvalue weighted by atomic mass is 9.96. The molecule has 1 saturated heterocycles. The first-order valence-electron chi connectivity index (χ1n) is 7.26. The van der Waals surface area contributed by atoms with Gasteiger partial charge in [-0.3, -0.25) is 4.79 Å². The van der Waals surface area contributed by atoms with Crippen molar-refractivity contribution in [2.24, 2.45) is 5.92 Å². The normalized spacial score (nSPS) is 20.1. The molecular weight excluding hydrogens is 290 g/mol. The van der Waals surface area contributed by atoms with Crippen molar-refractivity contribution >= 4 is 23.5 Å². The molecule has 2 rings (SSSR count). The van der Waals surface area contributed by atoms with Crippen LogP contribution in [0.25, 0.3) is 0 Å². The van der Waals surface area contributed by atoms with Crippen LogP contribution in [0.2, 0.25) is 5.02 Å². The monoisotopic (exact) mass is 309 g/mol. The van der Waals surface area contributed by atoms with E-state index >= 15 is 0 Å². The maximum absolute atomic E-state index is 12.5. The van der Waals surface area contributed by atoms with Crippen LogP contribution in [0.4, 0.5) is 0 Å². The Balaban J connectivity index is 2.05. The van der Waals surface area contributed by atoms with E-state index in [0.717, 1.165) is 18.4 Å². The number of likely N-dealkylation sites (tertiary alicyclic amines) is 1. The summed E-state index contributed by atoms with van der Waals surface area (Å²) in [6, 6.07) is 6.75. The Bertz CT molecular complexity index is 532. The van der Waals surface area contributed by atoms with Crippen LogP contribution in [0.3, 0.4) is 0 Å². The highest BCUT2D eigenvalue weighted by Gasteiger charge is 2.33. The number of halogens is 1. The SMILES string of the molecule is CC(Cc1cccc(Cl)c1)C(=O)N1CCCC[C@@H]1C(=O)O. The highest BCUT2D eigenvalue weighted by Crippen LogP contribution is 2.22. The topological polar surface area (TPSA) is 57.6 Å². The molecule has 0 saturated carbocycles. The minimum absolute atomic E-state index is 0.0814. The summed E-state index contributed by atoms with van der Waals surface area (Å²) >= 11 is 5.95. The van der Waals surface area contributed by atoms with Gasteiger partial charge in [0.15, 0.2) is 0 Å². The van der Waals surface area contributed by atoms with Crippen LogP contribution in [0.5, 0.6) is 0 Å². The number of rotatable bonds is 4. The minimum Gasteiger partial charge on any atom is -0.480 e. The number of carboxylic acids is 1. The van der Waals surface area contributed by atoms with Crippen LogP contribution in [0, 0.1) is 5.92 Å². The zero-order chi connectivity index (χ0) is 15.4. The Morgan fingerprint density at radius 3 is 2.86 bits per heavy atom. The number of nitrogens with zero attached hydrogens (tertiary/aromatic N) is 1. The van der Waals surface area contributed by atoms with Gasteiger partial charge in [0.2, 0.25) is 5.91 Å². The average molecular weight is 310 g/mol. The molecule has 4 nitrogen and oxygen atoms in total. The summed E-state index contributed by atoms with van der Waals surface area (Å²) in [6.45, 7) is 2.38. The van der Waals surface area contributed by atoms with Gasteiger partial charge in [-0.05, 0) is 43.4 Å². The summed E-state index contributed by atoms with van der Waals surface area (Å²) in [6.07, 6.45) is 2.86. The molecule has 1 aliphatic rings. The Morgan fingerprint density at radius 2 is 2.19 bits per heavy atom. The van der Waals surface area contributed by atoms with Gasteiger partial charge in [-0.1, -0.05) is 30.7 Å². The number of hydrogen-bond donors (Lipinski definition) is 1. The van der Waals surface area contributed by atoms with E-state index in [4.69, 9.17) is 11.6 Å². The molecule has 0 spiro atoms. The minimum atomic E-state index is -0.905. The summed E-state index contributed by atoms with van der Waals surface area (Å²) in [5, 5.41) is 9.90. The molecule has 21 heavy (non-hydrogen) atoms. The highest BCUT2D eigenvalue weighted by molar-refractivity contribution is 6.30. The van der Waals surface area contributed by atoms with E-state index in [1.807, 2.05) is 25.1 Å². The van der Waals surface area contributed by atoms with Crippen LogP contribution >= 0.6 is 11.6 Å². The fourth-order valence-corrected chi connectivity index (χ4v) is 3.05. The van der Waals surface area contributed by atoms with E-state index in [1.54, 1.807) is 6.07 Å². The summed E-state index contributed by atoms with van der Waals surface area (Å²) < 4.78 is 0. The zero-order valence-corrected chi connectivity index (χ0v) is 12.8. The third-order valence-electron chi connectivity index (χ3n) is 3.92. The van der Waals surface area contributed by atoms with Crippen LogP contribution in [-0.2, 0) is 16.0 Å². The molecule has 1 aromatic carbocycles. The van der Waals surface area contributed by atoms with Crippen LogP contribution in [0.15, 0.2) is 24.3 Å². The molecule has 0 aromatic heterocycles. The van der Waals surface area contributed by atoms with Gasteiger partial charge in [-0.2, -0.15) is 0 Å². The van der Waals surface area contributed by atoms with E-state index in [-0.39, 0.29) is 11.8 Å². The Hall–Kier alpha value is -1.55. The van der Waals surface area contributed by atoms with Gasteiger partial charge in [0.05, 0.1) is 0 Å². The molecular formula is C16H20ClNO3. The second-order valence-electron chi connectivity index (χ2n) is 5.62. The second-order valence-corrected chi connectivity index (χ2v) is 6.05. The molecule has 0 aliphatic carbocycles. The number of carboxylic acid groups (broad SMARTS) is 1. The summed E-state index contributed by atoms with van der Waals surface area (Å²) in [7, 11) is 0. The van der Waals surface area contributed by atoms with Crippen molar-refractivity contribution in [3.8, 4) is 0 Å². The molecule has 114 valence electrons. The number of carbonyl (C=O) groups excluding carboxylic acids is 1. The van der Waals surface area contributed by atoms with E-state index in [2.05, 4.69) is 0 Å². The van der Waals surface area contributed by atoms with Crippen LogP contribution in [0.1, 0.15) is 31.7 Å². The van der Waals surface area contributed by atoms with Gasteiger partial charge in [0.25, 0.3) is 0 Å². The predicted molar refractivity (Wildman–Crippen MR) is 81.3 cm³/mol. The Labute approximate surface area is 129 Å². The first kappa shape index (κ1) is 15.8. The van der Waals surface area contributed by atoms with E-state index in [0.29, 0.717) is 24.4 Å². The zero-order valence-electron chi connectivity index (χ0n) is 12.1. The highest BCUT2D eigenvalue weighted by atomic mass is 35.5. The maximum Gasteiger partial charge on any atom is 0.326 e. The Morgan fingerprint density at radius 1 is 1.43 bits per heavy atom. The van der Waals surface area contributed by atoms with Gasteiger partial charge in [0.1, 0.15) is 6.04 Å². The number of carbonyl (C=O) groups is 2. The number of benzene rings is 1. The fourth-order valence-electron chi connectivity index (χ4n) is 2.84. The Kier molecular flexibility index (Phi) is 5.23. The van der Waals surface area contributed by atoms with Gasteiger partial charge in [-0.25, -0.2) is 4.79 Å². The van der Waals surface area contributed by atoms with Gasteiger partial charge >= 0.3 is 5.97 Å². The fraction of sp³-hybridized carbons (Fsp3) is 0.500. The molecule has 1 N–H and O–H groups in total. The molecule has 1 unspecified atom stereocenters. The molecule has 1 aromatic rings. The lowest BCUT2D eigenvalue weighted by Gasteiger charge is -2.34. The summed E-state index contributed by atoms with van der Waals surface area (Å²) in [5.74, 6) is -1.23. The average Bonchev–Trinajstić information content (AvgIpc) is 2.46. The van der Waals surface area contributed by atoms with Crippen molar-refractivity contribution in [3.05, 3.63) is 34.9 Å². The largest absolute Gasteiger partial charge is 0.480 e. The number of aliphatic carboxylic acids is 1. The molecule has 0 bridgehead atoms. The van der Waals surface area contributed by atoms with Crippen molar-refractivity contribution in [3.63, 3.8) is 0 Å². The van der Waals surface area contributed by atoms with Crippen LogP contribution < -0.4 is 0 Å². The van der Waals surface area contributed by atoms with Gasteiger partial charge in [0, 0.05) is 17.5 Å². The molecule has 1 aliphatic heterocycles. The van der Waals surface area contributed by atoms with E-state index in [9.17, 15) is 14.7 Å². The first-order chi connectivity index (χ1) is 9.99. The van der Waals surface area contributed by atoms with Gasteiger partial charge < -0.3 is 10.0 Å². The quantitative estimate of drug-likeness (QED) is 0.930. The third-order valence-corrected chi connectivity index (χ3v) is 4.16. The third kappa shape index (κ3) is 3.97. The molecule has 1 fully saturated rings. The van der Waals surface area contributed by atoms with Crippen LogP contribution in [-0.4, -0.2) is 34.5 Å². The number of piperidine rings is 1. The predicted octanol–water partition coefficient (Wildman–Crippen LogP) is 2.98. The number of amides is 1. The van der Waals surface area contributed by atoms with Crippen molar-refractivity contribution < 1.29 is 14.7 Å². The van der Waals surface area contributed by atoms with Crippen molar-refractivity contribution in [2.75, 3.05) is 6.54 Å². The van der Waals surface area contributed by atoms with Crippen molar-refractivity contribution in [2.45, 2.75) is 38.6 Å². The standard InChI is InChI=1S/C16H20ClNO3/c1-11(9-12-5-4-6-13(17)10-12)15(19)18-8-3-2-7-14(18)16(20)21/h4-6,10-11,14H,2-3,7-9H2,1H3,(H,20,21)/t11?,14-/m1/s1. The molecule has 2 atom stereocenters. The molecule has 5 heteroatoms. The van der Waals surface area contributed by atoms with E-state index < -0.39 is 12.0 Å². The lowest BCUT2D eigenvalue weighted by molar-refractivity contribution is -0.153. The second kappa shape index (κ2) is 6.94. The van der Waals surface area contributed by atoms with Gasteiger partial charge in [-0.15, -0.1) is 0 Å². The van der Waals surface area contributed by atoms with Crippen molar-refractivity contribution in [1.29, 1.82) is 0 Å². The molecule has 1 amide bonds. The van der Waals surface area contributed by atoms with E-state index in [1.165, 1.54) is 4.90 Å². The maximum atomic E-state index is 12.5. The molecule has 0 radical (unpaired) electrons. The first-order valence-corrected chi connectivity index (χ1v) is 7.64. The summed E-state index contributed by atoms with van der Waals surface area (Å²) in [4.78, 5) is 25.3. The number of hydrogen-bond acceptors (Lipinski definition) is 2. The smallest absolute Gasteiger partial charge is 0.326 e.